The summed E-state index contributed by atoms with van der Waals surface area (Å²) < 4.78 is 5.78. The van der Waals surface area contributed by atoms with Gasteiger partial charge in [0.1, 0.15) is 12.4 Å². The van der Waals surface area contributed by atoms with Gasteiger partial charge in [0.15, 0.2) is 0 Å². The molecule has 112 valence electrons. The average molecular weight is 303 g/mol. The zero-order chi connectivity index (χ0) is 15.2. The van der Waals surface area contributed by atoms with Gasteiger partial charge in [-0.05, 0) is 55.0 Å². The van der Waals surface area contributed by atoms with Gasteiger partial charge in [-0.1, -0.05) is 13.0 Å². The summed E-state index contributed by atoms with van der Waals surface area (Å²) in [5.41, 5.74) is 3.50. The van der Waals surface area contributed by atoms with E-state index < -0.39 is 0 Å². The number of benzene rings is 1. The van der Waals surface area contributed by atoms with Gasteiger partial charge in [0, 0.05) is 12.1 Å². The molecule has 3 nitrogen and oxygen atoms in total. The van der Waals surface area contributed by atoms with Crippen molar-refractivity contribution in [3.63, 3.8) is 0 Å². The van der Waals surface area contributed by atoms with Gasteiger partial charge in [-0.25, -0.2) is 0 Å². The fourth-order valence-electron chi connectivity index (χ4n) is 1.87. The topological polar surface area (TPSA) is 38.3 Å². The van der Waals surface area contributed by atoms with Crippen LogP contribution in [0.15, 0.2) is 29.6 Å². The Hall–Kier alpha value is -1.81. The predicted molar refractivity (Wildman–Crippen MR) is 87.2 cm³/mol. The summed E-state index contributed by atoms with van der Waals surface area (Å²) in [5, 5.41) is 4.85. The van der Waals surface area contributed by atoms with Crippen LogP contribution in [0.4, 0.5) is 0 Å². The maximum absolute atomic E-state index is 11.8. The smallest absolute Gasteiger partial charge is 0.261 e. The number of amides is 1. The standard InChI is InChI=1S/C17H21NO2S/c1-4-7-18-17(19)16-9-14(11-21-16)10-20-15-6-5-12(2)13(3)8-15/h5-6,8-9,11H,4,7,10H2,1-3H3,(H,18,19). The van der Waals surface area contributed by atoms with Crippen molar-refractivity contribution < 1.29 is 9.53 Å². The number of thiophene rings is 1. The molecule has 0 spiro atoms. The third-order valence-electron chi connectivity index (χ3n) is 3.30. The second-order valence-electron chi connectivity index (χ2n) is 5.11. The SMILES string of the molecule is CCCNC(=O)c1cc(COc2ccc(C)c(C)c2)cs1. The molecule has 0 atom stereocenters. The van der Waals surface area contributed by atoms with Gasteiger partial charge in [-0.3, -0.25) is 4.79 Å². The summed E-state index contributed by atoms with van der Waals surface area (Å²) in [6.07, 6.45) is 0.944. The summed E-state index contributed by atoms with van der Waals surface area (Å²) in [5.74, 6) is 0.862. The van der Waals surface area contributed by atoms with Crippen molar-refractivity contribution in [1.82, 2.24) is 5.32 Å². The number of rotatable bonds is 6. The van der Waals surface area contributed by atoms with Crippen LogP contribution in [0.1, 0.15) is 39.7 Å². The summed E-state index contributed by atoms with van der Waals surface area (Å²) in [7, 11) is 0. The molecular weight excluding hydrogens is 282 g/mol. The van der Waals surface area contributed by atoms with E-state index in [9.17, 15) is 4.79 Å². The number of ether oxygens (including phenoxy) is 1. The van der Waals surface area contributed by atoms with Crippen LogP contribution in [0.25, 0.3) is 0 Å². The molecule has 0 aliphatic rings. The summed E-state index contributed by atoms with van der Waals surface area (Å²) in [4.78, 5) is 12.6. The van der Waals surface area contributed by atoms with E-state index in [2.05, 4.69) is 25.2 Å². The van der Waals surface area contributed by atoms with Gasteiger partial charge < -0.3 is 10.1 Å². The molecule has 0 aliphatic heterocycles. The highest BCUT2D eigenvalue weighted by molar-refractivity contribution is 7.12. The van der Waals surface area contributed by atoms with Gasteiger partial charge in [-0.2, -0.15) is 0 Å². The van der Waals surface area contributed by atoms with E-state index in [0.29, 0.717) is 13.2 Å². The highest BCUT2D eigenvalue weighted by atomic mass is 32.1. The highest BCUT2D eigenvalue weighted by Crippen LogP contribution is 2.20. The van der Waals surface area contributed by atoms with E-state index in [1.54, 1.807) is 0 Å². The summed E-state index contributed by atoms with van der Waals surface area (Å²) in [6, 6.07) is 7.97. The molecule has 1 aromatic heterocycles. The van der Waals surface area contributed by atoms with Crippen molar-refractivity contribution in [2.24, 2.45) is 0 Å². The second kappa shape index (κ2) is 7.27. The van der Waals surface area contributed by atoms with E-state index in [-0.39, 0.29) is 5.91 Å². The van der Waals surface area contributed by atoms with Gasteiger partial charge in [0.05, 0.1) is 4.88 Å². The third kappa shape index (κ3) is 4.33. The first-order valence-corrected chi connectivity index (χ1v) is 8.03. The number of hydrogen-bond donors (Lipinski definition) is 1. The van der Waals surface area contributed by atoms with E-state index in [4.69, 9.17) is 4.74 Å². The molecule has 0 unspecified atom stereocenters. The molecule has 1 amide bonds. The Morgan fingerprint density at radius 1 is 1.24 bits per heavy atom. The minimum atomic E-state index is -0.000666. The average Bonchev–Trinajstić information content (AvgIpc) is 2.95. The van der Waals surface area contributed by atoms with Gasteiger partial charge in [0.25, 0.3) is 5.91 Å². The number of hydrogen-bond acceptors (Lipinski definition) is 3. The Kier molecular flexibility index (Phi) is 5.39. The molecule has 0 saturated heterocycles. The van der Waals surface area contributed by atoms with Crippen LogP contribution in [0.5, 0.6) is 5.75 Å². The van der Waals surface area contributed by atoms with Crippen LogP contribution in [0, 0.1) is 13.8 Å². The maximum atomic E-state index is 11.8. The third-order valence-corrected chi connectivity index (χ3v) is 4.27. The van der Waals surface area contributed by atoms with Gasteiger partial charge >= 0.3 is 0 Å². The first-order valence-electron chi connectivity index (χ1n) is 7.16. The number of carbonyl (C=O) groups excluding carboxylic acids is 1. The van der Waals surface area contributed by atoms with Crippen LogP contribution in [0.2, 0.25) is 0 Å². The van der Waals surface area contributed by atoms with Crippen molar-refractivity contribution in [3.8, 4) is 5.75 Å². The zero-order valence-electron chi connectivity index (χ0n) is 12.7. The number of carbonyl (C=O) groups is 1. The minimum Gasteiger partial charge on any atom is -0.489 e. The molecule has 21 heavy (non-hydrogen) atoms. The molecule has 0 bridgehead atoms. The monoisotopic (exact) mass is 303 g/mol. The fourth-order valence-corrected chi connectivity index (χ4v) is 2.68. The van der Waals surface area contributed by atoms with E-state index in [1.807, 2.05) is 30.5 Å². The van der Waals surface area contributed by atoms with Crippen LogP contribution >= 0.6 is 11.3 Å². The molecular formula is C17H21NO2S. The van der Waals surface area contributed by atoms with E-state index >= 15 is 0 Å². The van der Waals surface area contributed by atoms with Crippen LogP contribution in [-0.2, 0) is 6.61 Å². The van der Waals surface area contributed by atoms with Crippen molar-refractivity contribution in [2.45, 2.75) is 33.8 Å². The van der Waals surface area contributed by atoms with Crippen LogP contribution in [0.3, 0.4) is 0 Å². The summed E-state index contributed by atoms with van der Waals surface area (Å²) in [6.45, 7) is 7.39. The van der Waals surface area contributed by atoms with Crippen molar-refractivity contribution >= 4 is 17.2 Å². The number of aryl methyl sites for hydroxylation is 2. The maximum Gasteiger partial charge on any atom is 0.261 e. The molecule has 0 radical (unpaired) electrons. The second-order valence-corrected chi connectivity index (χ2v) is 6.02. The fraction of sp³-hybridized carbons (Fsp3) is 0.353. The molecule has 1 heterocycles. The molecule has 1 aromatic carbocycles. The Balaban J connectivity index is 1.93. The van der Waals surface area contributed by atoms with Crippen LogP contribution < -0.4 is 10.1 Å². The number of nitrogens with one attached hydrogen (secondary N) is 1. The molecule has 0 aliphatic carbocycles. The lowest BCUT2D eigenvalue weighted by Crippen LogP contribution is -2.22. The van der Waals surface area contributed by atoms with Gasteiger partial charge in [-0.15, -0.1) is 11.3 Å². The molecule has 0 saturated carbocycles. The predicted octanol–water partition coefficient (Wildman–Crippen LogP) is 4.08. The van der Waals surface area contributed by atoms with Gasteiger partial charge in [0.2, 0.25) is 0 Å². The van der Waals surface area contributed by atoms with Crippen molar-refractivity contribution in [3.05, 3.63) is 51.2 Å². The lowest BCUT2D eigenvalue weighted by molar-refractivity contribution is 0.0957. The Morgan fingerprint density at radius 3 is 2.76 bits per heavy atom. The Labute approximate surface area is 130 Å². The van der Waals surface area contributed by atoms with Crippen molar-refractivity contribution in [1.29, 1.82) is 0 Å². The molecule has 0 fully saturated rings. The summed E-state index contributed by atoms with van der Waals surface area (Å²) >= 11 is 1.46. The molecule has 4 heteroatoms. The Bertz CT molecular complexity index is 619. The van der Waals surface area contributed by atoms with E-state index in [0.717, 1.165) is 22.6 Å². The normalized spacial score (nSPS) is 10.4. The first kappa shape index (κ1) is 15.6. The lowest BCUT2D eigenvalue weighted by atomic mass is 10.1. The zero-order valence-corrected chi connectivity index (χ0v) is 13.5. The highest BCUT2D eigenvalue weighted by Gasteiger charge is 2.08. The largest absolute Gasteiger partial charge is 0.489 e. The molecule has 2 rings (SSSR count). The van der Waals surface area contributed by atoms with Crippen molar-refractivity contribution in [2.75, 3.05) is 6.54 Å². The quantitative estimate of drug-likeness (QED) is 0.873. The Morgan fingerprint density at radius 2 is 2.05 bits per heavy atom. The first-order chi connectivity index (χ1) is 10.1. The van der Waals surface area contributed by atoms with E-state index in [1.165, 1.54) is 22.5 Å². The van der Waals surface area contributed by atoms with Crippen LogP contribution in [-0.4, -0.2) is 12.5 Å². The molecule has 1 N–H and O–H groups in total. The lowest BCUT2D eigenvalue weighted by Gasteiger charge is -2.07. The molecule has 2 aromatic rings. The minimum absolute atomic E-state index is 0.000666.